The first kappa shape index (κ1) is 12.9. The molecular weight excluding hydrogens is 245 g/mol. The van der Waals surface area contributed by atoms with Crippen molar-refractivity contribution >= 4 is 5.97 Å². The number of esters is 1. The number of benzene rings is 1. The van der Waals surface area contributed by atoms with E-state index in [0.717, 1.165) is 6.07 Å². The maximum Gasteiger partial charge on any atom is 0.416 e. The molecule has 0 amide bonds. The molecule has 18 heavy (non-hydrogen) atoms. The number of halogens is 3. The summed E-state index contributed by atoms with van der Waals surface area (Å²) in [6.07, 6.45) is -3.10. The molecule has 2 nitrogen and oxygen atoms in total. The van der Waals surface area contributed by atoms with Crippen LogP contribution in [0, 0.1) is 6.92 Å². The predicted octanol–water partition coefficient (Wildman–Crippen LogP) is 3.22. The quantitative estimate of drug-likeness (QED) is 0.761. The maximum atomic E-state index is 12.6. The van der Waals surface area contributed by atoms with Gasteiger partial charge in [0.05, 0.1) is 18.1 Å². The Morgan fingerprint density at radius 3 is 2.33 bits per heavy atom. The van der Waals surface area contributed by atoms with Crippen LogP contribution in [0.1, 0.15) is 29.5 Å². The molecule has 1 aromatic rings. The molecule has 1 saturated carbocycles. The highest BCUT2D eigenvalue weighted by molar-refractivity contribution is 5.86. The van der Waals surface area contributed by atoms with Crippen molar-refractivity contribution in [3.05, 3.63) is 34.9 Å². The Bertz CT molecular complexity index is 487. The summed E-state index contributed by atoms with van der Waals surface area (Å²) in [4.78, 5) is 11.6. The zero-order chi connectivity index (χ0) is 13.6. The second-order valence-electron chi connectivity index (χ2n) is 4.60. The van der Waals surface area contributed by atoms with Crippen molar-refractivity contribution in [2.75, 3.05) is 7.11 Å². The van der Waals surface area contributed by atoms with Gasteiger partial charge in [0.2, 0.25) is 0 Å². The smallest absolute Gasteiger partial charge is 0.416 e. The van der Waals surface area contributed by atoms with Crippen molar-refractivity contribution in [3.8, 4) is 0 Å². The van der Waals surface area contributed by atoms with Crippen LogP contribution >= 0.6 is 0 Å². The summed E-state index contributed by atoms with van der Waals surface area (Å²) in [6, 6.07) is 3.85. The minimum atomic E-state index is -4.36. The molecule has 5 heteroatoms. The number of aryl methyl sites for hydroxylation is 1. The first-order valence-electron chi connectivity index (χ1n) is 5.58. The average molecular weight is 258 g/mol. The zero-order valence-electron chi connectivity index (χ0n) is 10.1. The molecule has 2 rings (SSSR count). The van der Waals surface area contributed by atoms with Crippen molar-refractivity contribution in [2.45, 2.75) is 31.4 Å². The summed E-state index contributed by atoms with van der Waals surface area (Å²) in [6.45, 7) is 1.40. The van der Waals surface area contributed by atoms with Crippen molar-refractivity contribution < 1.29 is 22.7 Å². The zero-order valence-corrected chi connectivity index (χ0v) is 10.1. The van der Waals surface area contributed by atoms with Gasteiger partial charge >= 0.3 is 12.1 Å². The Morgan fingerprint density at radius 2 is 1.94 bits per heavy atom. The van der Waals surface area contributed by atoms with Gasteiger partial charge in [-0.05, 0) is 37.0 Å². The van der Waals surface area contributed by atoms with Gasteiger partial charge in [0.15, 0.2) is 0 Å². The molecule has 1 aliphatic carbocycles. The lowest BCUT2D eigenvalue weighted by atomic mass is 9.92. The fourth-order valence-electron chi connectivity index (χ4n) is 2.21. The number of ether oxygens (including phenoxy) is 1. The van der Waals surface area contributed by atoms with E-state index in [9.17, 15) is 18.0 Å². The molecule has 0 spiro atoms. The number of carbonyl (C=O) groups is 1. The first-order chi connectivity index (χ1) is 8.31. The Morgan fingerprint density at radius 1 is 1.33 bits per heavy atom. The molecule has 0 unspecified atom stereocenters. The second-order valence-corrected chi connectivity index (χ2v) is 4.60. The van der Waals surface area contributed by atoms with E-state index in [1.165, 1.54) is 26.2 Å². The SMILES string of the molecule is COC(=O)C1(c2ccc(C(F)(F)F)c(C)c2)CC1. The molecule has 0 saturated heterocycles. The fourth-order valence-corrected chi connectivity index (χ4v) is 2.21. The Balaban J connectivity index is 2.39. The molecule has 98 valence electrons. The van der Waals surface area contributed by atoms with Crippen LogP contribution in [0.25, 0.3) is 0 Å². The Hall–Kier alpha value is -1.52. The standard InChI is InChI=1S/C13H13F3O2/c1-8-7-9(3-4-10(8)13(14,15)16)12(5-6-12)11(17)18-2/h3-4,7H,5-6H2,1-2H3. The van der Waals surface area contributed by atoms with E-state index in [-0.39, 0.29) is 11.5 Å². The van der Waals surface area contributed by atoms with Gasteiger partial charge in [0.25, 0.3) is 0 Å². The van der Waals surface area contributed by atoms with Gasteiger partial charge in [-0.3, -0.25) is 4.79 Å². The number of hydrogen-bond donors (Lipinski definition) is 0. The third-order valence-corrected chi connectivity index (χ3v) is 3.41. The molecule has 1 aliphatic rings. The van der Waals surface area contributed by atoms with Crippen LogP contribution in [-0.4, -0.2) is 13.1 Å². The van der Waals surface area contributed by atoms with Crippen LogP contribution in [0.3, 0.4) is 0 Å². The van der Waals surface area contributed by atoms with Crippen LogP contribution in [0.15, 0.2) is 18.2 Å². The Kier molecular flexibility index (Phi) is 2.87. The predicted molar refractivity (Wildman–Crippen MR) is 59.1 cm³/mol. The highest BCUT2D eigenvalue weighted by Crippen LogP contribution is 2.50. The van der Waals surface area contributed by atoms with Crippen molar-refractivity contribution in [1.29, 1.82) is 0 Å². The van der Waals surface area contributed by atoms with Gasteiger partial charge < -0.3 is 4.74 Å². The largest absolute Gasteiger partial charge is 0.468 e. The van der Waals surface area contributed by atoms with E-state index in [0.29, 0.717) is 18.4 Å². The van der Waals surface area contributed by atoms with Gasteiger partial charge in [-0.15, -0.1) is 0 Å². The van der Waals surface area contributed by atoms with E-state index in [1.54, 1.807) is 0 Å². The van der Waals surface area contributed by atoms with Crippen molar-refractivity contribution in [1.82, 2.24) is 0 Å². The highest BCUT2D eigenvalue weighted by Gasteiger charge is 2.52. The van der Waals surface area contributed by atoms with Crippen LogP contribution in [0.2, 0.25) is 0 Å². The molecule has 1 fully saturated rings. The van der Waals surface area contributed by atoms with Crippen molar-refractivity contribution in [3.63, 3.8) is 0 Å². The summed E-state index contributed by atoms with van der Waals surface area (Å²) in [5.41, 5.74) is -0.633. The second kappa shape index (κ2) is 4.00. The molecule has 0 aliphatic heterocycles. The van der Waals surface area contributed by atoms with Crippen LogP contribution in [0.5, 0.6) is 0 Å². The number of hydrogen-bond acceptors (Lipinski definition) is 2. The molecular formula is C13H13F3O2. The van der Waals surface area contributed by atoms with Gasteiger partial charge in [-0.25, -0.2) is 0 Å². The molecule has 1 aromatic carbocycles. The summed E-state index contributed by atoms with van der Waals surface area (Å²) < 4.78 is 42.6. The molecule has 0 radical (unpaired) electrons. The molecule has 0 heterocycles. The molecule has 0 atom stereocenters. The third kappa shape index (κ3) is 1.98. The van der Waals surface area contributed by atoms with Gasteiger partial charge in [-0.1, -0.05) is 12.1 Å². The topological polar surface area (TPSA) is 26.3 Å². The van der Waals surface area contributed by atoms with E-state index in [4.69, 9.17) is 4.74 Å². The van der Waals surface area contributed by atoms with Crippen LogP contribution < -0.4 is 0 Å². The fraction of sp³-hybridized carbons (Fsp3) is 0.462. The number of alkyl halides is 3. The molecule has 0 N–H and O–H groups in total. The monoisotopic (exact) mass is 258 g/mol. The first-order valence-corrected chi connectivity index (χ1v) is 5.58. The highest BCUT2D eigenvalue weighted by atomic mass is 19.4. The van der Waals surface area contributed by atoms with E-state index >= 15 is 0 Å². The lowest BCUT2D eigenvalue weighted by Crippen LogP contribution is -2.22. The summed E-state index contributed by atoms with van der Waals surface area (Å²) in [5.74, 6) is -0.373. The van der Waals surface area contributed by atoms with Crippen LogP contribution in [-0.2, 0) is 21.1 Å². The molecule has 0 bridgehead atoms. The maximum absolute atomic E-state index is 12.6. The lowest BCUT2D eigenvalue weighted by Gasteiger charge is -2.16. The molecule has 0 aromatic heterocycles. The normalized spacial score (nSPS) is 17.4. The van der Waals surface area contributed by atoms with Gasteiger partial charge in [-0.2, -0.15) is 13.2 Å². The Labute approximate surface area is 103 Å². The number of carbonyl (C=O) groups excluding carboxylic acids is 1. The summed E-state index contributed by atoms with van der Waals surface area (Å²) in [5, 5.41) is 0. The van der Waals surface area contributed by atoms with E-state index in [1.807, 2.05) is 0 Å². The third-order valence-electron chi connectivity index (χ3n) is 3.41. The summed E-state index contributed by atoms with van der Waals surface area (Å²) in [7, 11) is 1.29. The average Bonchev–Trinajstić information content (AvgIpc) is 3.07. The van der Waals surface area contributed by atoms with Crippen LogP contribution in [0.4, 0.5) is 13.2 Å². The van der Waals surface area contributed by atoms with Gasteiger partial charge in [0.1, 0.15) is 0 Å². The summed E-state index contributed by atoms with van der Waals surface area (Å²) >= 11 is 0. The number of rotatable bonds is 2. The minimum Gasteiger partial charge on any atom is -0.468 e. The van der Waals surface area contributed by atoms with Gasteiger partial charge in [0, 0.05) is 0 Å². The minimum absolute atomic E-state index is 0.134. The lowest BCUT2D eigenvalue weighted by molar-refractivity contribution is -0.143. The van der Waals surface area contributed by atoms with E-state index < -0.39 is 17.2 Å². The van der Waals surface area contributed by atoms with E-state index in [2.05, 4.69) is 0 Å². The van der Waals surface area contributed by atoms with Crippen molar-refractivity contribution in [2.24, 2.45) is 0 Å². The number of methoxy groups -OCH3 is 1.